The van der Waals surface area contributed by atoms with Gasteiger partial charge in [0.1, 0.15) is 0 Å². The summed E-state index contributed by atoms with van der Waals surface area (Å²) in [6.45, 7) is 11.2. The Labute approximate surface area is 212 Å². The van der Waals surface area contributed by atoms with Gasteiger partial charge in [0.25, 0.3) is 0 Å². The number of nitrogens with one attached hydrogen (secondary N) is 1. The molecule has 1 unspecified atom stereocenters. The van der Waals surface area contributed by atoms with E-state index in [9.17, 15) is 0 Å². The first-order valence-corrected chi connectivity index (χ1v) is 12.7. The Balaban J connectivity index is 2.08. The quantitative estimate of drug-likeness (QED) is 0.306. The van der Waals surface area contributed by atoms with Crippen molar-refractivity contribution in [2.24, 2.45) is 11.8 Å². The molecular weight excluding hydrogens is 426 g/mol. The van der Waals surface area contributed by atoms with Crippen molar-refractivity contribution < 1.29 is 0 Å². The number of anilines is 1. The van der Waals surface area contributed by atoms with Crippen LogP contribution in [0.2, 0.25) is 0 Å². The maximum absolute atomic E-state index is 5.16. The number of aromatic nitrogens is 1. The third kappa shape index (κ3) is 7.08. The molecule has 0 radical (unpaired) electrons. The summed E-state index contributed by atoms with van der Waals surface area (Å²) in [5.74, 6) is 0.973. The molecule has 184 valence electrons. The van der Waals surface area contributed by atoms with Crippen LogP contribution in [0.3, 0.4) is 0 Å². The highest BCUT2D eigenvalue weighted by Crippen LogP contribution is 2.29. The van der Waals surface area contributed by atoms with E-state index in [4.69, 9.17) is 4.98 Å². The van der Waals surface area contributed by atoms with E-state index in [1.165, 1.54) is 22.5 Å². The fraction of sp³-hybridized carbons (Fsp3) is 0.344. The number of pyridine rings is 1. The highest BCUT2D eigenvalue weighted by Gasteiger charge is 2.20. The van der Waals surface area contributed by atoms with Gasteiger partial charge >= 0.3 is 0 Å². The smallest absolute Gasteiger partial charge is 0.0938 e. The molecule has 3 aromatic rings. The lowest BCUT2D eigenvalue weighted by Gasteiger charge is -2.26. The van der Waals surface area contributed by atoms with Gasteiger partial charge in [-0.15, -0.1) is 0 Å². The predicted molar refractivity (Wildman–Crippen MR) is 152 cm³/mol. The molecule has 1 heterocycles. The first kappa shape index (κ1) is 26.3. The van der Waals surface area contributed by atoms with E-state index in [1.807, 2.05) is 0 Å². The Kier molecular flexibility index (Phi) is 9.31. The minimum absolute atomic E-state index is 0.0371. The van der Waals surface area contributed by atoms with Crippen LogP contribution in [-0.4, -0.2) is 19.1 Å². The van der Waals surface area contributed by atoms with Crippen LogP contribution in [0.15, 0.2) is 96.2 Å². The summed E-state index contributed by atoms with van der Waals surface area (Å²) >= 11 is 0. The molecule has 3 heteroatoms. The van der Waals surface area contributed by atoms with Crippen LogP contribution in [-0.2, 0) is 0 Å². The Bertz CT molecular complexity index is 1120. The van der Waals surface area contributed by atoms with Crippen LogP contribution in [0, 0.1) is 11.8 Å². The Hall–Kier alpha value is -3.33. The average Bonchev–Trinajstić information content (AvgIpc) is 2.85. The Morgan fingerprint density at radius 3 is 2.14 bits per heavy atom. The first-order valence-electron chi connectivity index (χ1n) is 12.7. The molecule has 3 nitrogen and oxygen atoms in total. The SMILES string of the molecule is C/C=C\C(=C(/CC(C)C)NC(c1ccccc1)c1cccc(-c2ccc(N(C)C)cc2)n1)C(C)C. The van der Waals surface area contributed by atoms with Gasteiger partial charge in [0.05, 0.1) is 17.4 Å². The van der Waals surface area contributed by atoms with E-state index in [0.717, 1.165) is 23.4 Å². The minimum Gasteiger partial charge on any atom is -0.378 e. The van der Waals surface area contributed by atoms with E-state index >= 15 is 0 Å². The summed E-state index contributed by atoms with van der Waals surface area (Å²) in [6.07, 6.45) is 5.39. The first-order chi connectivity index (χ1) is 16.8. The zero-order chi connectivity index (χ0) is 25.4. The van der Waals surface area contributed by atoms with Gasteiger partial charge in [-0.25, -0.2) is 0 Å². The summed E-state index contributed by atoms with van der Waals surface area (Å²) < 4.78 is 0. The van der Waals surface area contributed by atoms with Gasteiger partial charge in [-0.1, -0.05) is 88.4 Å². The highest BCUT2D eigenvalue weighted by atomic mass is 15.1. The molecule has 1 N–H and O–H groups in total. The molecule has 0 amide bonds. The van der Waals surface area contributed by atoms with Crippen molar-refractivity contribution in [1.29, 1.82) is 0 Å². The average molecular weight is 468 g/mol. The normalized spacial score (nSPS) is 13.3. The number of hydrogen-bond donors (Lipinski definition) is 1. The van der Waals surface area contributed by atoms with Crippen LogP contribution in [0.25, 0.3) is 11.3 Å². The van der Waals surface area contributed by atoms with Gasteiger partial charge in [0.15, 0.2) is 0 Å². The van der Waals surface area contributed by atoms with Gasteiger partial charge in [-0.05, 0) is 60.6 Å². The number of hydrogen-bond acceptors (Lipinski definition) is 3. The molecule has 2 aromatic carbocycles. The topological polar surface area (TPSA) is 28.2 Å². The molecule has 1 atom stereocenters. The third-order valence-electron chi connectivity index (χ3n) is 6.13. The van der Waals surface area contributed by atoms with Crippen LogP contribution in [0.1, 0.15) is 58.3 Å². The van der Waals surface area contributed by atoms with Gasteiger partial charge in [-0.3, -0.25) is 4.98 Å². The number of benzene rings is 2. The van der Waals surface area contributed by atoms with E-state index < -0.39 is 0 Å². The Morgan fingerprint density at radius 1 is 0.886 bits per heavy atom. The lowest BCUT2D eigenvalue weighted by molar-refractivity contribution is 0.555. The molecule has 0 spiro atoms. The van der Waals surface area contributed by atoms with Crippen molar-refractivity contribution in [2.45, 2.75) is 47.1 Å². The van der Waals surface area contributed by atoms with Crippen LogP contribution < -0.4 is 10.2 Å². The van der Waals surface area contributed by atoms with E-state index in [-0.39, 0.29) is 6.04 Å². The lowest BCUT2D eigenvalue weighted by atomic mass is 9.93. The van der Waals surface area contributed by atoms with Crippen LogP contribution >= 0.6 is 0 Å². The fourth-order valence-electron chi connectivity index (χ4n) is 4.34. The molecule has 0 saturated heterocycles. The fourth-order valence-corrected chi connectivity index (χ4v) is 4.34. The molecular formula is C32H41N3. The second-order valence-electron chi connectivity index (χ2n) is 10.1. The zero-order valence-corrected chi connectivity index (χ0v) is 22.4. The molecule has 0 fully saturated rings. The molecule has 0 aliphatic carbocycles. The number of rotatable bonds is 10. The van der Waals surface area contributed by atoms with Gasteiger partial charge in [0, 0.05) is 31.0 Å². The molecule has 0 aliphatic rings. The van der Waals surface area contributed by atoms with Gasteiger partial charge in [0.2, 0.25) is 0 Å². The van der Waals surface area contributed by atoms with Crippen molar-refractivity contribution in [2.75, 3.05) is 19.0 Å². The van der Waals surface area contributed by atoms with Crippen molar-refractivity contribution in [1.82, 2.24) is 10.3 Å². The maximum atomic E-state index is 5.16. The molecule has 3 rings (SSSR count). The van der Waals surface area contributed by atoms with Gasteiger partial charge in [-0.2, -0.15) is 0 Å². The van der Waals surface area contributed by atoms with Crippen molar-refractivity contribution >= 4 is 5.69 Å². The second kappa shape index (κ2) is 12.4. The minimum atomic E-state index is -0.0371. The van der Waals surface area contributed by atoms with Crippen molar-refractivity contribution in [3.63, 3.8) is 0 Å². The molecule has 0 aliphatic heterocycles. The second-order valence-corrected chi connectivity index (χ2v) is 10.1. The lowest BCUT2D eigenvalue weighted by Crippen LogP contribution is -2.26. The van der Waals surface area contributed by atoms with Crippen LogP contribution in [0.5, 0.6) is 0 Å². The Morgan fingerprint density at radius 2 is 1.57 bits per heavy atom. The summed E-state index contributed by atoms with van der Waals surface area (Å²) in [7, 11) is 4.12. The monoisotopic (exact) mass is 467 g/mol. The largest absolute Gasteiger partial charge is 0.378 e. The standard InChI is InChI=1S/C32H41N3/c1-8-13-28(24(4)5)31(22-23(2)3)34-32(26-14-10-9-11-15-26)30-17-12-16-29(33-30)25-18-20-27(21-19-25)35(6)7/h8-21,23-24,32,34H,22H2,1-7H3/b13-8-,31-28-. The molecule has 1 aromatic heterocycles. The van der Waals surface area contributed by atoms with Crippen molar-refractivity contribution in [3.05, 3.63) is 107 Å². The third-order valence-corrected chi connectivity index (χ3v) is 6.13. The van der Waals surface area contributed by atoms with Gasteiger partial charge < -0.3 is 10.2 Å². The van der Waals surface area contributed by atoms with Crippen molar-refractivity contribution in [3.8, 4) is 11.3 Å². The van der Waals surface area contributed by atoms with E-state index in [2.05, 4.69) is 144 Å². The summed E-state index contributed by atoms with van der Waals surface area (Å²) in [6, 6.07) is 25.6. The highest BCUT2D eigenvalue weighted by molar-refractivity contribution is 5.63. The zero-order valence-electron chi connectivity index (χ0n) is 22.4. The molecule has 0 saturated carbocycles. The summed E-state index contributed by atoms with van der Waals surface area (Å²) in [5, 5.41) is 3.95. The number of nitrogens with zero attached hydrogens (tertiary/aromatic N) is 2. The summed E-state index contributed by atoms with van der Waals surface area (Å²) in [4.78, 5) is 7.27. The predicted octanol–water partition coefficient (Wildman–Crippen LogP) is 8.03. The summed E-state index contributed by atoms with van der Waals surface area (Å²) in [5.41, 5.74) is 8.19. The van der Waals surface area contributed by atoms with E-state index in [0.29, 0.717) is 11.8 Å². The molecule has 35 heavy (non-hydrogen) atoms. The van der Waals surface area contributed by atoms with E-state index in [1.54, 1.807) is 0 Å². The number of allylic oxidation sites excluding steroid dienone is 4. The molecule has 0 bridgehead atoms. The van der Waals surface area contributed by atoms with Crippen LogP contribution in [0.4, 0.5) is 5.69 Å². The maximum Gasteiger partial charge on any atom is 0.0938 e.